The maximum atomic E-state index is 11.8. The van der Waals surface area contributed by atoms with Crippen LogP contribution in [0.4, 0.5) is 0 Å². The second kappa shape index (κ2) is 7.40. The molecular weight excluding hydrogens is 290 g/mol. The molecule has 0 aliphatic rings. The maximum Gasteiger partial charge on any atom is 0.280 e. The molecule has 1 heterocycles. The third kappa shape index (κ3) is 4.89. The van der Waals surface area contributed by atoms with Gasteiger partial charge in [0.2, 0.25) is 0 Å². The molecule has 0 fully saturated rings. The zero-order valence-corrected chi connectivity index (χ0v) is 12.1. The lowest BCUT2D eigenvalue weighted by Gasteiger charge is -2.12. The average Bonchev–Trinajstić information content (AvgIpc) is 2.50. The molecule has 0 saturated carbocycles. The molecule has 1 aromatic carbocycles. The van der Waals surface area contributed by atoms with Gasteiger partial charge in [0.25, 0.3) is 5.91 Å². The van der Waals surface area contributed by atoms with Crippen LogP contribution >= 0.6 is 11.6 Å². The van der Waals surface area contributed by atoms with E-state index in [0.29, 0.717) is 10.8 Å². The number of hydrogen-bond acceptors (Lipinski definition) is 4. The monoisotopic (exact) mass is 303 g/mol. The Morgan fingerprint density at radius 3 is 2.81 bits per heavy atom. The highest BCUT2D eigenvalue weighted by atomic mass is 35.5. The summed E-state index contributed by atoms with van der Waals surface area (Å²) in [5, 5.41) is 4.46. The van der Waals surface area contributed by atoms with Crippen molar-refractivity contribution in [3.8, 4) is 5.75 Å². The van der Waals surface area contributed by atoms with Gasteiger partial charge in [0, 0.05) is 23.0 Å². The number of hydrazone groups is 1. The molecule has 108 valence electrons. The van der Waals surface area contributed by atoms with Gasteiger partial charge < -0.3 is 4.74 Å². The van der Waals surface area contributed by atoms with E-state index in [2.05, 4.69) is 15.5 Å². The van der Waals surface area contributed by atoms with E-state index < -0.39 is 6.10 Å². The first-order valence-corrected chi connectivity index (χ1v) is 6.68. The third-order valence-corrected chi connectivity index (χ3v) is 2.82. The fourth-order valence-electron chi connectivity index (χ4n) is 1.48. The number of carbonyl (C=O) groups is 1. The number of hydrogen-bond donors (Lipinski definition) is 1. The standard InChI is InChI=1S/C15H14ClN3O2/c1-11(21-14-6-4-13(16)5-7-14)15(20)19-18-10-12-3-2-8-17-9-12/h2-11H,1H3,(H,19,20)/b18-10+/t11-/m0/s1. The molecule has 1 N–H and O–H groups in total. The number of aromatic nitrogens is 1. The van der Waals surface area contributed by atoms with Gasteiger partial charge in [-0.25, -0.2) is 5.43 Å². The number of nitrogens with one attached hydrogen (secondary N) is 1. The molecule has 5 nitrogen and oxygen atoms in total. The molecule has 1 atom stereocenters. The Balaban J connectivity index is 1.85. The molecule has 0 aliphatic heterocycles. The number of carbonyl (C=O) groups excluding carboxylic acids is 1. The van der Waals surface area contributed by atoms with Crippen molar-refractivity contribution in [2.45, 2.75) is 13.0 Å². The van der Waals surface area contributed by atoms with Crippen LogP contribution in [0.2, 0.25) is 5.02 Å². The Labute approximate surface area is 127 Å². The molecular formula is C15H14ClN3O2. The quantitative estimate of drug-likeness (QED) is 0.682. The number of halogens is 1. The van der Waals surface area contributed by atoms with Crippen molar-refractivity contribution < 1.29 is 9.53 Å². The van der Waals surface area contributed by atoms with Gasteiger partial charge in [0.05, 0.1) is 6.21 Å². The molecule has 0 unspecified atom stereocenters. The van der Waals surface area contributed by atoms with E-state index in [4.69, 9.17) is 16.3 Å². The van der Waals surface area contributed by atoms with Gasteiger partial charge in [0.1, 0.15) is 5.75 Å². The SMILES string of the molecule is C[C@H](Oc1ccc(Cl)cc1)C(=O)N/N=C/c1cccnc1. The highest BCUT2D eigenvalue weighted by Crippen LogP contribution is 2.16. The topological polar surface area (TPSA) is 63.6 Å². The van der Waals surface area contributed by atoms with Crippen molar-refractivity contribution in [2.24, 2.45) is 5.10 Å². The van der Waals surface area contributed by atoms with Gasteiger partial charge in [-0.1, -0.05) is 17.7 Å². The van der Waals surface area contributed by atoms with Crippen molar-refractivity contribution in [2.75, 3.05) is 0 Å². The number of amides is 1. The molecule has 0 spiro atoms. The minimum Gasteiger partial charge on any atom is -0.481 e. The van der Waals surface area contributed by atoms with Crippen LogP contribution in [0.1, 0.15) is 12.5 Å². The van der Waals surface area contributed by atoms with Crippen molar-refractivity contribution >= 4 is 23.7 Å². The molecule has 2 rings (SSSR count). The van der Waals surface area contributed by atoms with Crippen LogP contribution in [0.15, 0.2) is 53.9 Å². The molecule has 0 aliphatic carbocycles. The Bertz CT molecular complexity index is 615. The molecule has 1 aromatic heterocycles. The molecule has 0 saturated heterocycles. The summed E-state index contributed by atoms with van der Waals surface area (Å²) in [6.07, 6.45) is 4.15. The van der Waals surface area contributed by atoms with E-state index in [1.165, 1.54) is 6.21 Å². The predicted octanol–water partition coefficient (Wildman–Crippen LogP) is 2.65. The molecule has 0 radical (unpaired) electrons. The van der Waals surface area contributed by atoms with Crippen molar-refractivity contribution in [3.05, 3.63) is 59.4 Å². The number of rotatable bonds is 5. The number of ether oxygens (including phenoxy) is 1. The van der Waals surface area contributed by atoms with Crippen molar-refractivity contribution in [1.29, 1.82) is 0 Å². The molecule has 0 bridgehead atoms. The molecule has 6 heteroatoms. The van der Waals surface area contributed by atoms with Crippen LogP contribution in [-0.2, 0) is 4.79 Å². The summed E-state index contributed by atoms with van der Waals surface area (Å²) in [7, 11) is 0. The van der Waals surface area contributed by atoms with Crippen molar-refractivity contribution in [3.63, 3.8) is 0 Å². The average molecular weight is 304 g/mol. The first-order chi connectivity index (χ1) is 10.1. The van der Waals surface area contributed by atoms with Crippen LogP contribution in [-0.4, -0.2) is 23.2 Å². The van der Waals surface area contributed by atoms with Gasteiger partial charge in [-0.15, -0.1) is 0 Å². The van der Waals surface area contributed by atoms with E-state index >= 15 is 0 Å². The fourth-order valence-corrected chi connectivity index (χ4v) is 1.61. The van der Waals surface area contributed by atoms with Crippen LogP contribution < -0.4 is 10.2 Å². The summed E-state index contributed by atoms with van der Waals surface area (Å²) in [6, 6.07) is 10.4. The lowest BCUT2D eigenvalue weighted by atomic mass is 10.3. The Hall–Kier alpha value is -2.40. The second-order valence-electron chi connectivity index (χ2n) is 4.23. The number of benzene rings is 1. The summed E-state index contributed by atoms with van der Waals surface area (Å²) in [5.74, 6) is 0.225. The summed E-state index contributed by atoms with van der Waals surface area (Å²) < 4.78 is 5.48. The molecule has 1 amide bonds. The fraction of sp³-hybridized carbons (Fsp3) is 0.133. The zero-order valence-electron chi connectivity index (χ0n) is 11.4. The van der Waals surface area contributed by atoms with Gasteiger partial charge in [-0.05, 0) is 37.3 Å². The zero-order chi connectivity index (χ0) is 15.1. The molecule has 21 heavy (non-hydrogen) atoms. The summed E-state index contributed by atoms with van der Waals surface area (Å²) in [5.41, 5.74) is 3.21. The van der Waals surface area contributed by atoms with Crippen LogP contribution in [0.25, 0.3) is 0 Å². The van der Waals surface area contributed by atoms with E-state index in [0.717, 1.165) is 5.56 Å². The lowest BCUT2D eigenvalue weighted by Crippen LogP contribution is -2.33. The van der Waals surface area contributed by atoms with Gasteiger partial charge in [-0.3, -0.25) is 9.78 Å². The summed E-state index contributed by atoms with van der Waals surface area (Å²) >= 11 is 5.78. The highest BCUT2D eigenvalue weighted by Gasteiger charge is 2.13. The Kier molecular flexibility index (Phi) is 5.29. The normalized spacial score (nSPS) is 12.1. The minimum absolute atomic E-state index is 0.343. The lowest BCUT2D eigenvalue weighted by molar-refractivity contribution is -0.127. The van der Waals surface area contributed by atoms with Gasteiger partial charge in [0.15, 0.2) is 6.10 Å². The number of pyridine rings is 1. The summed E-state index contributed by atoms with van der Waals surface area (Å²) in [4.78, 5) is 15.8. The van der Waals surface area contributed by atoms with Crippen LogP contribution in [0.5, 0.6) is 5.75 Å². The third-order valence-electron chi connectivity index (χ3n) is 2.57. The van der Waals surface area contributed by atoms with E-state index in [1.54, 1.807) is 49.6 Å². The highest BCUT2D eigenvalue weighted by molar-refractivity contribution is 6.30. The van der Waals surface area contributed by atoms with Crippen molar-refractivity contribution in [1.82, 2.24) is 10.4 Å². The largest absolute Gasteiger partial charge is 0.481 e. The predicted molar refractivity (Wildman–Crippen MR) is 81.5 cm³/mol. The first kappa shape index (κ1) is 15.0. The maximum absolute atomic E-state index is 11.8. The summed E-state index contributed by atoms with van der Waals surface area (Å²) in [6.45, 7) is 1.64. The van der Waals surface area contributed by atoms with E-state index in [-0.39, 0.29) is 5.91 Å². The van der Waals surface area contributed by atoms with Gasteiger partial charge in [-0.2, -0.15) is 5.10 Å². The smallest absolute Gasteiger partial charge is 0.280 e. The van der Waals surface area contributed by atoms with Gasteiger partial charge >= 0.3 is 0 Å². The Morgan fingerprint density at radius 2 is 2.14 bits per heavy atom. The van der Waals surface area contributed by atoms with E-state index in [9.17, 15) is 4.79 Å². The Morgan fingerprint density at radius 1 is 1.38 bits per heavy atom. The van der Waals surface area contributed by atoms with Crippen LogP contribution in [0.3, 0.4) is 0 Å². The molecule has 2 aromatic rings. The minimum atomic E-state index is -0.669. The van der Waals surface area contributed by atoms with E-state index in [1.807, 2.05) is 6.07 Å². The number of nitrogens with zero attached hydrogens (tertiary/aromatic N) is 2. The van der Waals surface area contributed by atoms with Crippen LogP contribution in [0, 0.1) is 0 Å². The second-order valence-corrected chi connectivity index (χ2v) is 4.67. The first-order valence-electron chi connectivity index (χ1n) is 6.30.